The van der Waals surface area contributed by atoms with Crippen LogP contribution in [0, 0.1) is 12.3 Å². The van der Waals surface area contributed by atoms with Crippen molar-refractivity contribution in [2.45, 2.75) is 52.7 Å². The number of aryl methyl sites for hydroxylation is 1. The van der Waals surface area contributed by atoms with Gasteiger partial charge >= 0.3 is 0 Å². The Morgan fingerprint density at radius 2 is 1.42 bits per heavy atom. The summed E-state index contributed by atoms with van der Waals surface area (Å²) >= 11 is 0. The Hall–Kier alpha value is -0.860. The van der Waals surface area contributed by atoms with Crippen LogP contribution in [-0.4, -0.2) is 13.2 Å². The lowest BCUT2D eigenvalue weighted by Gasteiger charge is -2.46. The van der Waals surface area contributed by atoms with Gasteiger partial charge in [0.15, 0.2) is 0 Å². The van der Waals surface area contributed by atoms with Gasteiger partial charge in [-0.25, -0.2) is 0 Å². The number of benzene rings is 1. The van der Waals surface area contributed by atoms with Crippen molar-refractivity contribution in [1.82, 2.24) is 0 Å². The van der Waals surface area contributed by atoms with Crippen molar-refractivity contribution in [3.63, 3.8) is 0 Å². The van der Waals surface area contributed by atoms with Gasteiger partial charge in [0.05, 0.1) is 13.2 Å². The molecule has 1 aromatic rings. The molecule has 106 valence electrons. The highest BCUT2D eigenvalue weighted by Crippen LogP contribution is 2.52. The van der Waals surface area contributed by atoms with Gasteiger partial charge in [0.25, 0.3) is 0 Å². The molecular formula is C17H26O2. The second-order valence-electron chi connectivity index (χ2n) is 5.52. The fraction of sp³-hybridized carbons (Fsp3) is 0.647. The molecule has 0 aliphatic carbocycles. The first-order chi connectivity index (χ1) is 9.14. The van der Waals surface area contributed by atoms with Gasteiger partial charge in [0.2, 0.25) is 5.79 Å². The van der Waals surface area contributed by atoms with E-state index in [1.807, 2.05) is 0 Å². The van der Waals surface area contributed by atoms with E-state index in [2.05, 4.69) is 52.0 Å². The lowest BCUT2D eigenvalue weighted by Crippen LogP contribution is -2.46. The third kappa shape index (κ3) is 2.21. The minimum Gasteiger partial charge on any atom is -0.343 e. The van der Waals surface area contributed by atoms with E-state index in [4.69, 9.17) is 9.47 Å². The molecule has 1 aliphatic heterocycles. The summed E-state index contributed by atoms with van der Waals surface area (Å²) < 4.78 is 12.4. The van der Waals surface area contributed by atoms with Gasteiger partial charge in [-0.05, 0) is 26.2 Å². The molecule has 2 nitrogen and oxygen atoms in total. The third-order valence-electron chi connectivity index (χ3n) is 4.85. The van der Waals surface area contributed by atoms with E-state index in [1.54, 1.807) is 0 Å². The average molecular weight is 262 g/mol. The molecular weight excluding hydrogens is 236 g/mol. The maximum atomic E-state index is 6.18. The molecule has 0 bridgehead atoms. The Morgan fingerprint density at radius 1 is 0.947 bits per heavy atom. The zero-order valence-electron chi connectivity index (χ0n) is 12.7. The Labute approximate surface area is 117 Å². The lowest BCUT2D eigenvalue weighted by atomic mass is 9.69. The zero-order valence-corrected chi connectivity index (χ0v) is 12.7. The van der Waals surface area contributed by atoms with Gasteiger partial charge in [-0.3, -0.25) is 0 Å². The van der Waals surface area contributed by atoms with Crippen molar-refractivity contribution in [1.29, 1.82) is 0 Å². The average Bonchev–Trinajstić information content (AvgIpc) is 2.93. The smallest absolute Gasteiger partial charge is 0.200 e. The van der Waals surface area contributed by atoms with Gasteiger partial charge < -0.3 is 9.47 Å². The number of hydrogen-bond donors (Lipinski definition) is 0. The fourth-order valence-electron chi connectivity index (χ4n) is 3.41. The van der Waals surface area contributed by atoms with Crippen molar-refractivity contribution in [2.24, 2.45) is 5.41 Å². The predicted octanol–water partition coefficient (Wildman–Crippen LogP) is 4.41. The topological polar surface area (TPSA) is 18.5 Å². The summed E-state index contributed by atoms with van der Waals surface area (Å²) in [6, 6.07) is 8.62. The number of hydrogen-bond acceptors (Lipinski definition) is 2. The first-order valence-electron chi connectivity index (χ1n) is 7.49. The van der Waals surface area contributed by atoms with Crippen LogP contribution < -0.4 is 0 Å². The predicted molar refractivity (Wildman–Crippen MR) is 78.1 cm³/mol. The van der Waals surface area contributed by atoms with E-state index < -0.39 is 5.79 Å². The van der Waals surface area contributed by atoms with E-state index >= 15 is 0 Å². The van der Waals surface area contributed by atoms with E-state index in [1.165, 1.54) is 11.1 Å². The molecule has 0 saturated carbocycles. The molecule has 1 aliphatic rings. The first kappa shape index (κ1) is 14.5. The molecule has 0 amide bonds. The zero-order chi connectivity index (χ0) is 13.9. The van der Waals surface area contributed by atoms with Gasteiger partial charge in [0.1, 0.15) is 0 Å². The maximum Gasteiger partial charge on any atom is 0.200 e. The summed E-state index contributed by atoms with van der Waals surface area (Å²) in [5.41, 5.74) is 2.49. The summed E-state index contributed by atoms with van der Waals surface area (Å²) in [4.78, 5) is 0. The van der Waals surface area contributed by atoms with E-state index in [9.17, 15) is 0 Å². The second-order valence-corrected chi connectivity index (χ2v) is 5.52. The molecule has 2 heteroatoms. The maximum absolute atomic E-state index is 6.18. The van der Waals surface area contributed by atoms with Gasteiger partial charge in [-0.15, -0.1) is 0 Å². The molecule has 1 aromatic carbocycles. The standard InChI is InChI=1S/C17H26O2/c1-5-16(6-2,7-3)17(18-12-13-19-17)15-10-8-14(4)9-11-15/h8-11H,5-7,12-13H2,1-4H3. The van der Waals surface area contributed by atoms with Crippen molar-refractivity contribution in [2.75, 3.05) is 13.2 Å². The van der Waals surface area contributed by atoms with Crippen LogP contribution in [0.25, 0.3) is 0 Å². The quantitative estimate of drug-likeness (QED) is 0.782. The molecule has 0 N–H and O–H groups in total. The first-order valence-corrected chi connectivity index (χ1v) is 7.49. The Balaban J connectivity index is 2.51. The van der Waals surface area contributed by atoms with Crippen LogP contribution in [0.5, 0.6) is 0 Å². The molecule has 2 rings (SSSR count). The lowest BCUT2D eigenvalue weighted by molar-refractivity contribution is -0.253. The minimum absolute atomic E-state index is 0.0543. The molecule has 0 radical (unpaired) electrons. The van der Waals surface area contributed by atoms with Crippen LogP contribution in [0.3, 0.4) is 0 Å². The highest BCUT2D eigenvalue weighted by Gasteiger charge is 2.53. The van der Waals surface area contributed by atoms with E-state index in [0.717, 1.165) is 19.3 Å². The minimum atomic E-state index is -0.557. The molecule has 0 aromatic heterocycles. The van der Waals surface area contributed by atoms with Crippen LogP contribution in [0.4, 0.5) is 0 Å². The highest BCUT2D eigenvalue weighted by atomic mass is 16.7. The van der Waals surface area contributed by atoms with Gasteiger partial charge in [-0.2, -0.15) is 0 Å². The Morgan fingerprint density at radius 3 is 1.84 bits per heavy atom. The van der Waals surface area contributed by atoms with E-state index in [0.29, 0.717) is 13.2 Å². The molecule has 0 spiro atoms. The van der Waals surface area contributed by atoms with Crippen LogP contribution in [0.1, 0.15) is 51.2 Å². The second kappa shape index (κ2) is 5.64. The van der Waals surface area contributed by atoms with Crippen LogP contribution in [-0.2, 0) is 15.3 Å². The van der Waals surface area contributed by atoms with Crippen molar-refractivity contribution in [3.8, 4) is 0 Å². The molecule has 1 heterocycles. The van der Waals surface area contributed by atoms with Crippen LogP contribution in [0.2, 0.25) is 0 Å². The number of rotatable bonds is 5. The summed E-state index contributed by atoms with van der Waals surface area (Å²) in [7, 11) is 0. The van der Waals surface area contributed by atoms with Crippen LogP contribution in [0.15, 0.2) is 24.3 Å². The molecule has 1 saturated heterocycles. The summed E-state index contributed by atoms with van der Waals surface area (Å²) in [6.45, 7) is 10.2. The molecule has 0 unspecified atom stereocenters. The van der Waals surface area contributed by atoms with E-state index in [-0.39, 0.29) is 5.41 Å². The molecule has 19 heavy (non-hydrogen) atoms. The van der Waals surface area contributed by atoms with Crippen molar-refractivity contribution >= 4 is 0 Å². The summed E-state index contributed by atoms with van der Waals surface area (Å²) in [5, 5.41) is 0. The normalized spacial score (nSPS) is 18.7. The fourth-order valence-corrected chi connectivity index (χ4v) is 3.41. The van der Waals surface area contributed by atoms with Crippen molar-refractivity contribution in [3.05, 3.63) is 35.4 Å². The monoisotopic (exact) mass is 262 g/mol. The summed E-state index contributed by atoms with van der Waals surface area (Å²) in [5.74, 6) is -0.557. The van der Waals surface area contributed by atoms with Crippen LogP contribution >= 0.6 is 0 Å². The Kier molecular flexibility index (Phi) is 4.32. The number of ether oxygens (including phenoxy) is 2. The third-order valence-corrected chi connectivity index (χ3v) is 4.85. The highest BCUT2D eigenvalue weighted by molar-refractivity contribution is 5.28. The van der Waals surface area contributed by atoms with Gasteiger partial charge in [0, 0.05) is 11.0 Å². The Bertz CT molecular complexity index is 390. The molecule has 0 atom stereocenters. The SMILES string of the molecule is CCC(CC)(CC)C1(c2ccc(C)cc2)OCCO1. The molecule has 1 fully saturated rings. The van der Waals surface area contributed by atoms with Gasteiger partial charge in [-0.1, -0.05) is 50.6 Å². The largest absolute Gasteiger partial charge is 0.343 e. The van der Waals surface area contributed by atoms with Crippen molar-refractivity contribution < 1.29 is 9.47 Å². The summed E-state index contributed by atoms with van der Waals surface area (Å²) in [6.07, 6.45) is 3.19.